The number of hydrogen-bond donors (Lipinski definition) is 2. The van der Waals surface area contributed by atoms with Crippen molar-refractivity contribution in [1.82, 2.24) is 19.5 Å². The highest BCUT2D eigenvalue weighted by Gasteiger charge is 2.67. The first kappa shape index (κ1) is 41.0. The topological polar surface area (TPSA) is 132 Å². The van der Waals surface area contributed by atoms with Crippen LogP contribution in [-0.4, -0.2) is 70.4 Å². The number of unbranched alkanes of at least 4 members (excludes halogenated alkanes) is 13. The second kappa shape index (κ2) is 20.5. The Balaban J connectivity index is 1.07. The van der Waals surface area contributed by atoms with Gasteiger partial charge in [0.05, 0.1) is 31.5 Å². The van der Waals surface area contributed by atoms with Gasteiger partial charge in [0.25, 0.3) is 5.92 Å². The number of rotatable bonds is 27. The molecule has 51 heavy (non-hydrogen) atoms. The van der Waals surface area contributed by atoms with Crippen LogP contribution in [0.3, 0.4) is 0 Å². The van der Waals surface area contributed by atoms with Crippen LogP contribution in [0.15, 0.2) is 30.9 Å². The van der Waals surface area contributed by atoms with E-state index in [2.05, 4.69) is 21.9 Å². The van der Waals surface area contributed by atoms with Crippen LogP contribution in [0.5, 0.6) is 0 Å². The fraction of sp³-hybridized carbons (Fsp3) is 0.730. The summed E-state index contributed by atoms with van der Waals surface area (Å²) in [4.78, 5) is 25.3. The van der Waals surface area contributed by atoms with Gasteiger partial charge in [-0.3, -0.25) is 4.57 Å². The number of halogens is 2. The molecule has 286 valence electrons. The highest BCUT2D eigenvalue weighted by molar-refractivity contribution is 7.52. The highest BCUT2D eigenvalue weighted by Crippen LogP contribution is 2.60. The molecule has 0 amide bonds. The fourth-order valence-electron chi connectivity index (χ4n) is 6.67. The van der Waals surface area contributed by atoms with E-state index in [4.69, 9.17) is 15.0 Å². The molecule has 4 rings (SSSR count). The molecule has 3 atom stereocenters. The van der Waals surface area contributed by atoms with Crippen molar-refractivity contribution in [2.75, 3.05) is 50.7 Å². The van der Waals surface area contributed by atoms with Crippen LogP contribution in [0.4, 0.5) is 20.4 Å². The second-order valence-corrected chi connectivity index (χ2v) is 16.2. The zero-order valence-corrected chi connectivity index (χ0v) is 31.9. The van der Waals surface area contributed by atoms with Gasteiger partial charge in [0.15, 0.2) is 5.65 Å². The number of imidazole rings is 1. The van der Waals surface area contributed by atoms with Crippen molar-refractivity contribution in [3.8, 4) is 5.82 Å². The first-order valence-corrected chi connectivity index (χ1v) is 20.9. The quantitative estimate of drug-likeness (QED) is 0.0453. The smallest absolute Gasteiger partial charge is 0.361 e. The number of anilines is 2. The molecule has 14 heteroatoms. The lowest BCUT2D eigenvalue weighted by atomic mass is 10.0. The van der Waals surface area contributed by atoms with Crippen molar-refractivity contribution in [3.63, 3.8) is 0 Å². The second-order valence-electron chi connectivity index (χ2n) is 14.3. The Morgan fingerprint density at radius 1 is 0.902 bits per heavy atom. The lowest BCUT2D eigenvalue weighted by Crippen LogP contribution is -2.32. The van der Waals surface area contributed by atoms with Crippen molar-refractivity contribution < 1.29 is 32.1 Å². The summed E-state index contributed by atoms with van der Waals surface area (Å²) in [5, 5.41) is 0. The van der Waals surface area contributed by atoms with Gasteiger partial charge in [0.1, 0.15) is 0 Å². The zero-order valence-electron chi connectivity index (χ0n) is 31.0. The first-order valence-electron chi connectivity index (χ1n) is 19.1. The Kier molecular flexibility index (Phi) is 16.5. The number of pyridine rings is 1. The van der Waals surface area contributed by atoms with E-state index in [1.54, 1.807) is 9.13 Å². The molecule has 3 heterocycles. The maximum atomic E-state index is 14.9. The number of fused-ring (bicyclic) bond motifs is 1. The SMILES string of the molecule is CCCCCCCCCCCCCCCCOCCCOP(=O)(O)CC[C@H]1[C@@H](Cn2cnc3c(-[n+]4ccc(N(C)C)cc4)nc(N)nc32)C1(F)F. The van der Waals surface area contributed by atoms with Gasteiger partial charge in [-0.25, -0.2) is 18.3 Å². The minimum absolute atomic E-state index is 0.00104. The fourth-order valence-corrected chi connectivity index (χ4v) is 7.82. The molecule has 1 aliphatic rings. The van der Waals surface area contributed by atoms with E-state index in [-0.39, 0.29) is 31.7 Å². The van der Waals surface area contributed by atoms with Crippen molar-refractivity contribution in [2.45, 2.75) is 122 Å². The van der Waals surface area contributed by atoms with Crippen LogP contribution in [0, 0.1) is 11.8 Å². The predicted octanol–water partition coefficient (Wildman–Crippen LogP) is 8.11. The van der Waals surface area contributed by atoms with Gasteiger partial charge < -0.3 is 29.4 Å². The van der Waals surface area contributed by atoms with Crippen LogP contribution in [0.25, 0.3) is 17.0 Å². The number of nitrogens with zero attached hydrogens (tertiary/aromatic N) is 6. The van der Waals surface area contributed by atoms with E-state index >= 15 is 0 Å². The Labute approximate surface area is 302 Å². The van der Waals surface area contributed by atoms with Gasteiger partial charge in [-0.2, -0.15) is 4.98 Å². The number of ether oxygens (including phenoxy) is 1. The van der Waals surface area contributed by atoms with Crippen molar-refractivity contribution in [1.29, 1.82) is 0 Å². The van der Waals surface area contributed by atoms with Gasteiger partial charge in [0, 0.05) is 68.5 Å². The maximum absolute atomic E-state index is 14.9. The molecule has 1 aliphatic carbocycles. The van der Waals surface area contributed by atoms with E-state index < -0.39 is 25.4 Å². The van der Waals surface area contributed by atoms with Gasteiger partial charge in [-0.1, -0.05) is 90.4 Å². The number of hydrogen-bond acceptors (Lipinski definition) is 8. The van der Waals surface area contributed by atoms with Crippen LogP contribution >= 0.6 is 7.60 Å². The summed E-state index contributed by atoms with van der Waals surface area (Å²) in [6, 6.07) is 3.83. The van der Waals surface area contributed by atoms with E-state index in [9.17, 15) is 18.2 Å². The van der Waals surface area contributed by atoms with E-state index in [0.717, 1.165) is 18.5 Å². The standard InChI is InChI=1S/C37H60F2N7O4P/c1-4-5-6-7-8-9-10-11-12-13-14-15-16-17-24-49-25-18-26-50-51(47,48)27-21-31-32(37(31,38)39)28-46-29-41-33-34(42-36(40)43-35(33)46)45-22-19-30(20-23-45)44(2)3/h19-20,22-23,29,31-32H,4-18,21,24-28H2,1-3H3,(H2-,40,42,43,47,48)/p+1/t31-,32+/m0/s1. The number of nitrogen functional groups attached to an aromatic ring is 1. The monoisotopic (exact) mass is 736 g/mol. The maximum Gasteiger partial charge on any atom is 0.361 e. The first-order chi connectivity index (χ1) is 24.5. The molecule has 11 nitrogen and oxygen atoms in total. The normalized spacial score (nSPS) is 17.9. The van der Waals surface area contributed by atoms with Gasteiger partial charge >= 0.3 is 19.4 Å². The van der Waals surface area contributed by atoms with E-state index in [1.807, 2.05) is 43.5 Å². The summed E-state index contributed by atoms with van der Waals surface area (Å²) < 4.78 is 56.5. The Hall–Kier alpha value is -2.73. The predicted molar refractivity (Wildman–Crippen MR) is 199 cm³/mol. The molecular weight excluding hydrogens is 675 g/mol. The summed E-state index contributed by atoms with van der Waals surface area (Å²) in [6.07, 6.45) is 23.4. The summed E-state index contributed by atoms with van der Waals surface area (Å²) in [7, 11) is -0.122. The molecule has 1 saturated carbocycles. The Morgan fingerprint density at radius 3 is 2.10 bits per heavy atom. The van der Waals surface area contributed by atoms with Crippen LogP contribution in [0.1, 0.15) is 110 Å². The van der Waals surface area contributed by atoms with E-state index in [1.165, 1.54) is 83.4 Å². The molecule has 0 bridgehead atoms. The molecule has 3 N–H and O–H groups in total. The Morgan fingerprint density at radius 2 is 1.49 bits per heavy atom. The average molecular weight is 737 g/mol. The lowest BCUT2D eigenvalue weighted by Gasteiger charge is -2.12. The molecule has 0 aliphatic heterocycles. The summed E-state index contributed by atoms with van der Waals surface area (Å²) in [6.45, 7) is 3.37. The highest BCUT2D eigenvalue weighted by atomic mass is 31.2. The lowest BCUT2D eigenvalue weighted by molar-refractivity contribution is -0.598. The third-order valence-electron chi connectivity index (χ3n) is 9.89. The molecule has 0 saturated heterocycles. The van der Waals surface area contributed by atoms with Gasteiger partial charge in [-0.15, -0.1) is 0 Å². The number of alkyl halides is 2. The van der Waals surface area contributed by atoms with Crippen LogP contribution in [0.2, 0.25) is 0 Å². The van der Waals surface area contributed by atoms with Crippen molar-refractivity contribution in [2.24, 2.45) is 11.8 Å². The minimum Gasteiger partial charge on any atom is -0.381 e. The van der Waals surface area contributed by atoms with Crippen molar-refractivity contribution >= 4 is 30.4 Å². The molecule has 1 fully saturated rings. The van der Waals surface area contributed by atoms with Crippen LogP contribution < -0.4 is 15.2 Å². The zero-order chi connectivity index (χ0) is 36.7. The third kappa shape index (κ3) is 13.0. The van der Waals surface area contributed by atoms with Gasteiger partial charge in [-0.05, 0) is 19.3 Å². The van der Waals surface area contributed by atoms with Crippen LogP contribution in [-0.2, 0) is 20.4 Å². The third-order valence-corrected chi connectivity index (χ3v) is 11.3. The summed E-state index contributed by atoms with van der Waals surface area (Å²) in [5.41, 5.74) is 7.79. The summed E-state index contributed by atoms with van der Waals surface area (Å²) in [5.74, 6) is -4.60. The van der Waals surface area contributed by atoms with Gasteiger partial charge in [0.2, 0.25) is 5.52 Å². The molecule has 3 aromatic heterocycles. The largest absolute Gasteiger partial charge is 0.381 e. The minimum atomic E-state index is -4.00. The number of aromatic nitrogens is 5. The van der Waals surface area contributed by atoms with E-state index in [0.29, 0.717) is 36.6 Å². The summed E-state index contributed by atoms with van der Waals surface area (Å²) >= 11 is 0. The van der Waals surface area contributed by atoms with Crippen molar-refractivity contribution in [3.05, 3.63) is 30.9 Å². The molecular formula is C37H61F2N7O4P+. The molecule has 0 aromatic carbocycles. The molecule has 3 aromatic rings. The number of nitrogens with two attached hydrogens (primary N) is 1. The average Bonchev–Trinajstić information content (AvgIpc) is 3.38. The molecule has 1 unspecified atom stereocenters. The molecule has 0 radical (unpaired) electrons. The molecule has 0 spiro atoms. The Bertz CT molecular complexity index is 1510.